The van der Waals surface area contributed by atoms with Crippen molar-refractivity contribution >= 4 is 26.2 Å². The monoisotopic (exact) mass is 656 g/mol. The van der Waals surface area contributed by atoms with Crippen LogP contribution in [0.5, 0.6) is 0 Å². The van der Waals surface area contributed by atoms with Crippen LogP contribution in [-0.2, 0) is 66.9 Å². The first kappa shape index (κ1) is 27.1. The van der Waals surface area contributed by atoms with Crippen LogP contribution in [0.25, 0.3) is 0 Å². The van der Waals surface area contributed by atoms with Gasteiger partial charge in [-0.2, -0.15) is 0 Å². The van der Waals surface area contributed by atoms with E-state index >= 15 is 0 Å². The molecule has 32 heavy (non-hydrogen) atoms. The van der Waals surface area contributed by atoms with Gasteiger partial charge in [-0.05, 0) is 0 Å². The van der Waals surface area contributed by atoms with Crippen LogP contribution in [-0.4, -0.2) is 55.2 Å². The van der Waals surface area contributed by atoms with Crippen molar-refractivity contribution in [2.45, 2.75) is 74.5 Å². The Morgan fingerprint density at radius 1 is 1.00 bits per heavy atom. The molecule has 1 aromatic rings. The molecule has 10 heteroatoms. The second kappa shape index (κ2) is 13.5. The summed E-state index contributed by atoms with van der Waals surface area (Å²) < 4.78 is 28.4. The van der Waals surface area contributed by atoms with Gasteiger partial charge in [0.2, 0.25) is 0 Å². The summed E-state index contributed by atoms with van der Waals surface area (Å²) in [5, 5.41) is 0. The molecule has 1 saturated heterocycles. The third kappa shape index (κ3) is 9.00. The van der Waals surface area contributed by atoms with Crippen molar-refractivity contribution in [1.29, 1.82) is 0 Å². The van der Waals surface area contributed by atoms with Gasteiger partial charge in [-0.25, -0.2) is 0 Å². The van der Waals surface area contributed by atoms with E-state index in [0.717, 1.165) is 5.75 Å². The van der Waals surface area contributed by atoms with Crippen molar-refractivity contribution in [1.82, 2.24) is 0 Å². The molecule has 0 radical (unpaired) electrons. The molecule has 1 aliphatic rings. The van der Waals surface area contributed by atoms with Gasteiger partial charge < -0.3 is 0 Å². The number of ether oxygens (including phenoxy) is 5. The molecule has 0 aliphatic carbocycles. The number of hydrogen-bond donors (Lipinski definition) is 0. The molecule has 1 aliphatic heterocycles. The summed E-state index contributed by atoms with van der Waals surface area (Å²) in [7, 11) is 1.86. The zero-order chi connectivity index (χ0) is 23.7. The molecule has 0 aromatic heterocycles. The molecule has 0 N–H and O–H groups in total. The second-order valence-electron chi connectivity index (χ2n) is 7.84. The molecule has 1 aromatic carbocycles. The quantitative estimate of drug-likeness (QED) is 0.214. The van der Waals surface area contributed by atoms with Crippen LogP contribution in [0.4, 0.5) is 0 Å². The molecule has 2 rings (SSSR count). The van der Waals surface area contributed by atoms with Gasteiger partial charge in [-0.3, -0.25) is 0 Å². The molecule has 0 spiro atoms. The summed E-state index contributed by atoms with van der Waals surface area (Å²) in [6, 6.07) is 10.1. The van der Waals surface area contributed by atoms with E-state index in [0.29, 0.717) is 0 Å². The Morgan fingerprint density at radius 2 is 1.62 bits per heavy atom. The van der Waals surface area contributed by atoms with Crippen LogP contribution >= 0.6 is 8.24 Å². The Hall–Kier alpha value is -1.16. The summed E-state index contributed by atoms with van der Waals surface area (Å²) in [5.74, 6) is -0.648. The van der Waals surface area contributed by atoms with E-state index in [1.54, 1.807) is 0 Å². The van der Waals surface area contributed by atoms with Crippen LogP contribution in [0.1, 0.15) is 40.2 Å². The standard InChI is InChI=1S/C15H23O8.C7H8S.Hg/c1-8(2)20-14-6-12(21-10(4)17)15(22-11(5)18)13(23-14)7-19-9(3)16;8-6-7-4-2-1-3-5-7;/h6,8,12-15H,7H2,1-5H3;1-5,8H,6H2;/q;;+1/p-1/t12-,13-,14-,15+;;/m1../s1. The first-order chi connectivity index (χ1) is 15.2. The number of carbonyl (C=O) groups excluding carboxylic acids is 3. The van der Waals surface area contributed by atoms with Gasteiger partial charge in [0.1, 0.15) is 0 Å². The zero-order valence-electron chi connectivity index (χ0n) is 19.1. The van der Waals surface area contributed by atoms with Crippen molar-refractivity contribution in [2.75, 3.05) is 6.61 Å². The third-order valence-corrected chi connectivity index (χ3v) is 18.7. The van der Waals surface area contributed by atoms with Crippen LogP contribution < -0.4 is 0 Å². The molecule has 0 unspecified atom stereocenters. The summed E-state index contributed by atoms with van der Waals surface area (Å²) in [5.41, 5.74) is 1.21. The molecular formula is C22H30HgO8S. The molecule has 0 bridgehead atoms. The Bertz CT molecular complexity index is 760. The van der Waals surface area contributed by atoms with Gasteiger partial charge in [0.25, 0.3) is 0 Å². The number of rotatable bonds is 10. The van der Waals surface area contributed by atoms with Crippen molar-refractivity contribution in [3.8, 4) is 0 Å². The minimum absolute atomic E-state index is 0.132. The molecule has 1 fully saturated rings. The van der Waals surface area contributed by atoms with E-state index in [1.807, 2.05) is 40.3 Å². The molecule has 174 valence electrons. The van der Waals surface area contributed by atoms with Crippen LogP contribution in [0.15, 0.2) is 30.3 Å². The van der Waals surface area contributed by atoms with E-state index < -0.39 is 65.6 Å². The predicted octanol–water partition coefficient (Wildman–Crippen LogP) is 3.28. The van der Waals surface area contributed by atoms with Gasteiger partial charge in [0.05, 0.1) is 0 Å². The van der Waals surface area contributed by atoms with Crippen molar-refractivity contribution < 1.29 is 61.1 Å². The summed E-state index contributed by atoms with van der Waals surface area (Å²) >= 11 is -1.90. The fraction of sp³-hybridized carbons (Fsp3) is 0.591. The first-order valence-corrected chi connectivity index (χ1v) is 21.6. The summed E-state index contributed by atoms with van der Waals surface area (Å²) in [6.45, 7) is 7.56. The van der Waals surface area contributed by atoms with E-state index in [1.165, 1.54) is 26.3 Å². The van der Waals surface area contributed by atoms with Crippen LogP contribution in [0, 0.1) is 0 Å². The molecule has 1 heterocycles. The molecule has 0 amide bonds. The summed E-state index contributed by atoms with van der Waals surface area (Å²) in [6.07, 6.45) is -3.19. The van der Waals surface area contributed by atoms with Gasteiger partial charge in [-0.1, -0.05) is 0 Å². The number of benzene rings is 1. The van der Waals surface area contributed by atoms with Gasteiger partial charge in [-0.15, -0.1) is 0 Å². The van der Waals surface area contributed by atoms with Gasteiger partial charge in [0, 0.05) is 0 Å². The predicted molar refractivity (Wildman–Crippen MR) is 114 cm³/mol. The van der Waals surface area contributed by atoms with E-state index in [-0.39, 0.29) is 16.1 Å². The molecule has 0 saturated carbocycles. The first-order valence-electron chi connectivity index (χ1n) is 10.6. The van der Waals surface area contributed by atoms with E-state index in [2.05, 4.69) is 12.1 Å². The topological polar surface area (TPSA) is 97.4 Å². The maximum atomic E-state index is 12.0. The molecule has 5 atom stereocenters. The average molecular weight is 655 g/mol. The Morgan fingerprint density at radius 3 is 2.19 bits per heavy atom. The van der Waals surface area contributed by atoms with Crippen LogP contribution in [0.3, 0.4) is 0 Å². The maximum absolute atomic E-state index is 12.0. The number of carbonyl (C=O) groups is 3. The number of hydrogen-bond acceptors (Lipinski definition) is 9. The van der Waals surface area contributed by atoms with Crippen molar-refractivity contribution in [2.24, 2.45) is 0 Å². The fourth-order valence-electron chi connectivity index (χ4n) is 3.44. The van der Waals surface area contributed by atoms with Gasteiger partial charge >= 0.3 is 204 Å². The van der Waals surface area contributed by atoms with Crippen molar-refractivity contribution in [3.05, 3.63) is 35.9 Å². The van der Waals surface area contributed by atoms with Crippen LogP contribution in [0.2, 0.25) is 3.43 Å². The third-order valence-electron chi connectivity index (χ3n) is 4.65. The second-order valence-corrected chi connectivity index (χ2v) is 21.2. The number of esters is 3. The minimum atomic E-state index is -1.90. The Kier molecular flexibility index (Phi) is 11.4. The molecular weight excluding hydrogens is 625 g/mol. The summed E-state index contributed by atoms with van der Waals surface area (Å²) in [4.78, 5) is 35.2. The zero-order valence-corrected chi connectivity index (χ0v) is 25.5. The average Bonchev–Trinajstić information content (AvgIpc) is 2.70. The van der Waals surface area contributed by atoms with Crippen molar-refractivity contribution in [3.63, 3.8) is 0 Å². The van der Waals surface area contributed by atoms with Gasteiger partial charge in [0.15, 0.2) is 0 Å². The van der Waals surface area contributed by atoms with E-state index in [9.17, 15) is 14.4 Å². The Balaban J connectivity index is 2.28. The Labute approximate surface area is 203 Å². The SMILES string of the molecule is CC(=O)OC[C@H]1O[C@@H](OC(C)C)[C@H]([Hg][S]Cc2ccccc2)[C@@H](OC(C)=O)[C@@H]1OC(C)=O. The normalized spacial score (nSPS) is 25.0. The van der Waals surface area contributed by atoms with E-state index in [4.69, 9.17) is 23.7 Å². The molecule has 8 nitrogen and oxygen atoms in total. The fourth-order valence-corrected chi connectivity index (χ4v) is 18.2.